The van der Waals surface area contributed by atoms with Crippen LogP contribution in [0, 0.1) is 11.8 Å². The minimum absolute atomic E-state index is 0.0349. The van der Waals surface area contributed by atoms with Crippen molar-refractivity contribution in [3.63, 3.8) is 0 Å². The van der Waals surface area contributed by atoms with Gasteiger partial charge in [-0.25, -0.2) is 4.79 Å². The molecule has 0 heterocycles. The number of carbonyl (C=O) groups excluding carboxylic acids is 4. The number of benzene rings is 2. The van der Waals surface area contributed by atoms with E-state index in [1.165, 1.54) is 6.08 Å². The highest BCUT2D eigenvalue weighted by atomic mass is 16.6. The van der Waals surface area contributed by atoms with Crippen LogP contribution in [0.25, 0.3) is 0 Å². The molecule has 0 unspecified atom stereocenters. The molecule has 10 heteroatoms. The van der Waals surface area contributed by atoms with E-state index in [-0.39, 0.29) is 51.7 Å². The van der Waals surface area contributed by atoms with Crippen LogP contribution in [0.15, 0.2) is 86.0 Å². The van der Waals surface area contributed by atoms with E-state index in [0.29, 0.717) is 19.3 Å². The lowest BCUT2D eigenvalue weighted by Crippen LogP contribution is -2.48. The van der Waals surface area contributed by atoms with Crippen LogP contribution >= 0.6 is 0 Å². The van der Waals surface area contributed by atoms with Gasteiger partial charge in [-0.2, -0.15) is 0 Å². The Hall–Kier alpha value is -4.28. The van der Waals surface area contributed by atoms with Crippen LogP contribution in [0.4, 0.5) is 0 Å². The van der Waals surface area contributed by atoms with E-state index < -0.39 is 42.3 Å². The van der Waals surface area contributed by atoms with Crippen LogP contribution < -0.4 is 10.6 Å². The summed E-state index contributed by atoms with van der Waals surface area (Å²) >= 11 is 0. The minimum Gasteiger partial charge on any atom is -0.463 e. The topological polar surface area (TPSA) is 140 Å². The van der Waals surface area contributed by atoms with Gasteiger partial charge in [0.15, 0.2) is 6.04 Å². The fourth-order valence-corrected chi connectivity index (χ4v) is 4.30. The average molecular weight is 609 g/mol. The molecule has 2 aromatic carbocycles. The molecule has 0 aliphatic rings. The quantitative estimate of drug-likeness (QED) is 0.105. The first-order valence-corrected chi connectivity index (χ1v) is 14.8. The molecule has 0 bridgehead atoms. The fraction of sp³-hybridized carbons (Fsp3) is 0.412. The normalized spacial score (nSPS) is 12.7. The third kappa shape index (κ3) is 14.3. The molecule has 238 valence electrons. The Bertz CT molecular complexity index is 1170. The Morgan fingerprint density at radius 3 is 2.16 bits per heavy atom. The second-order valence-corrected chi connectivity index (χ2v) is 10.1. The van der Waals surface area contributed by atoms with E-state index in [1.807, 2.05) is 48.5 Å². The number of aliphatic hydroxyl groups is 1. The Morgan fingerprint density at radius 1 is 0.841 bits per heavy atom. The first-order valence-electron chi connectivity index (χ1n) is 14.8. The number of esters is 2. The molecular formula is C34H44N2O8. The minimum atomic E-state index is -1.30. The molecule has 2 aromatic rings. The highest BCUT2D eigenvalue weighted by Gasteiger charge is 2.30. The van der Waals surface area contributed by atoms with Gasteiger partial charge in [0.25, 0.3) is 0 Å². The highest BCUT2D eigenvalue weighted by molar-refractivity contribution is 5.89. The number of allylic oxidation sites excluding steroid dienone is 2. The number of hydrogen-bond donors (Lipinski definition) is 3. The lowest BCUT2D eigenvalue weighted by molar-refractivity contribution is -0.157. The summed E-state index contributed by atoms with van der Waals surface area (Å²) in [6, 6.07) is 17.3. The molecule has 0 fully saturated rings. The zero-order chi connectivity index (χ0) is 32.0. The van der Waals surface area contributed by atoms with Crippen molar-refractivity contribution in [2.45, 2.75) is 44.8 Å². The number of rotatable bonds is 22. The van der Waals surface area contributed by atoms with Crippen LogP contribution in [0.5, 0.6) is 0 Å². The predicted octanol–water partition coefficient (Wildman–Crippen LogP) is 3.29. The Kier molecular flexibility index (Phi) is 17.5. The van der Waals surface area contributed by atoms with Crippen molar-refractivity contribution in [3.8, 4) is 0 Å². The molecule has 3 N–H and O–H groups in total. The first kappa shape index (κ1) is 35.9. The molecule has 10 nitrogen and oxygen atoms in total. The summed E-state index contributed by atoms with van der Waals surface area (Å²) in [6.45, 7) is 7.40. The first-order chi connectivity index (χ1) is 21.4. The van der Waals surface area contributed by atoms with Crippen molar-refractivity contribution in [1.82, 2.24) is 10.6 Å². The van der Waals surface area contributed by atoms with Gasteiger partial charge in [-0.3, -0.25) is 14.4 Å². The van der Waals surface area contributed by atoms with E-state index in [9.17, 15) is 19.2 Å². The van der Waals surface area contributed by atoms with Crippen LogP contribution in [-0.4, -0.2) is 67.9 Å². The van der Waals surface area contributed by atoms with Crippen molar-refractivity contribution in [1.29, 1.82) is 0 Å². The van der Waals surface area contributed by atoms with Gasteiger partial charge in [0.05, 0.1) is 31.7 Å². The summed E-state index contributed by atoms with van der Waals surface area (Å²) in [4.78, 5) is 52.1. The number of hydrogen-bond acceptors (Lipinski definition) is 8. The van der Waals surface area contributed by atoms with Crippen LogP contribution in [0.3, 0.4) is 0 Å². The highest BCUT2D eigenvalue weighted by Crippen LogP contribution is 2.17. The Balaban J connectivity index is 2.10. The van der Waals surface area contributed by atoms with Gasteiger partial charge in [-0.05, 0) is 36.8 Å². The second-order valence-electron chi connectivity index (χ2n) is 10.1. The summed E-state index contributed by atoms with van der Waals surface area (Å²) in [5.74, 6) is -3.56. The van der Waals surface area contributed by atoms with E-state index in [1.54, 1.807) is 18.2 Å². The van der Waals surface area contributed by atoms with Gasteiger partial charge in [0.2, 0.25) is 11.8 Å². The van der Waals surface area contributed by atoms with Gasteiger partial charge in [0, 0.05) is 13.0 Å². The molecule has 0 radical (unpaired) electrons. The monoisotopic (exact) mass is 608 g/mol. The average Bonchev–Trinajstić information content (AvgIpc) is 3.04. The molecular weight excluding hydrogens is 564 g/mol. The molecule has 0 aliphatic carbocycles. The van der Waals surface area contributed by atoms with Crippen molar-refractivity contribution < 1.29 is 38.5 Å². The fourth-order valence-electron chi connectivity index (χ4n) is 4.30. The molecule has 3 atom stereocenters. The number of nitrogens with one attached hydrogen (secondary N) is 2. The van der Waals surface area contributed by atoms with Gasteiger partial charge in [0.1, 0.15) is 13.2 Å². The molecule has 2 rings (SSSR count). The molecule has 44 heavy (non-hydrogen) atoms. The number of carbonyl (C=O) groups is 4. The van der Waals surface area contributed by atoms with Crippen molar-refractivity contribution >= 4 is 23.8 Å². The Morgan fingerprint density at radius 2 is 1.52 bits per heavy atom. The van der Waals surface area contributed by atoms with Gasteiger partial charge >= 0.3 is 11.9 Å². The maximum Gasteiger partial charge on any atom is 0.332 e. The van der Waals surface area contributed by atoms with E-state index in [4.69, 9.17) is 19.3 Å². The zero-order valence-corrected chi connectivity index (χ0v) is 25.2. The summed E-state index contributed by atoms with van der Waals surface area (Å²) in [5, 5.41) is 14.1. The maximum atomic E-state index is 13.3. The van der Waals surface area contributed by atoms with Gasteiger partial charge in [-0.15, -0.1) is 13.2 Å². The lowest BCUT2D eigenvalue weighted by atomic mass is 9.95. The van der Waals surface area contributed by atoms with Crippen LogP contribution in [0.2, 0.25) is 0 Å². The molecule has 0 aromatic heterocycles. The number of ether oxygens (including phenoxy) is 3. The summed E-state index contributed by atoms with van der Waals surface area (Å²) in [6.07, 6.45) is 4.81. The summed E-state index contributed by atoms with van der Waals surface area (Å²) < 4.78 is 16.2. The number of aliphatic hydroxyl groups excluding tert-OH is 1. The third-order valence-corrected chi connectivity index (χ3v) is 6.65. The SMILES string of the molecule is C=CCC[C@H](Cc1ccccc1)C(=O)OC[C@@H](NC(=O)[C@@H](CC=C)CC(=O)NCCOCCO)C(=O)OCc1ccccc1. The number of amides is 2. The standard InChI is InChI=1S/C34H44N2O8/c1-3-5-17-29(22-26-13-8-6-9-14-26)33(40)44-25-30(34(41)43-24-27-15-10-7-11-16-27)36-32(39)28(12-4-2)23-31(38)35-18-20-42-21-19-37/h3-4,6-11,13-16,28-30,37H,1-2,5,12,17-25H2,(H,35,38)(H,36,39)/t28-,29+,30+/m0/s1. The zero-order valence-electron chi connectivity index (χ0n) is 25.2. The predicted molar refractivity (Wildman–Crippen MR) is 166 cm³/mol. The van der Waals surface area contributed by atoms with Crippen molar-refractivity contribution in [3.05, 3.63) is 97.1 Å². The van der Waals surface area contributed by atoms with Crippen molar-refractivity contribution in [2.75, 3.05) is 33.0 Å². The molecule has 0 spiro atoms. The smallest absolute Gasteiger partial charge is 0.332 e. The van der Waals surface area contributed by atoms with Crippen molar-refractivity contribution in [2.24, 2.45) is 11.8 Å². The largest absolute Gasteiger partial charge is 0.463 e. The molecule has 2 amide bonds. The van der Waals surface area contributed by atoms with E-state index in [2.05, 4.69) is 23.8 Å². The molecule has 0 aliphatic heterocycles. The summed E-state index contributed by atoms with van der Waals surface area (Å²) in [7, 11) is 0. The second kappa shape index (κ2) is 21.4. The molecule has 0 saturated heterocycles. The maximum absolute atomic E-state index is 13.3. The van der Waals surface area contributed by atoms with E-state index >= 15 is 0 Å². The Labute approximate surface area is 259 Å². The van der Waals surface area contributed by atoms with Crippen LogP contribution in [0.1, 0.15) is 36.8 Å². The van der Waals surface area contributed by atoms with Gasteiger partial charge < -0.3 is 30.0 Å². The summed E-state index contributed by atoms with van der Waals surface area (Å²) in [5.41, 5.74) is 1.72. The van der Waals surface area contributed by atoms with E-state index in [0.717, 1.165) is 11.1 Å². The lowest BCUT2D eigenvalue weighted by Gasteiger charge is -2.22. The van der Waals surface area contributed by atoms with Crippen LogP contribution in [-0.2, 0) is 46.4 Å². The van der Waals surface area contributed by atoms with Gasteiger partial charge in [-0.1, -0.05) is 72.8 Å². The molecule has 0 saturated carbocycles. The third-order valence-electron chi connectivity index (χ3n) is 6.65.